The molecular weight excluding hydrogens is 289 g/mol. The van der Waals surface area contributed by atoms with Crippen molar-refractivity contribution >= 4 is 23.4 Å². The number of nitrogens with one attached hydrogen (secondary N) is 1. The smallest absolute Gasteiger partial charge is 0.259 e. The number of amides is 1. The topological polar surface area (TPSA) is 38.3 Å². The van der Waals surface area contributed by atoms with E-state index in [1.165, 1.54) is 13.2 Å². The van der Waals surface area contributed by atoms with Crippen molar-refractivity contribution in [2.75, 3.05) is 18.7 Å². The third kappa shape index (κ3) is 3.55. The van der Waals surface area contributed by atoms with Gasteiger partial charge in [-0.2, -0.15) is 0 Å². The SMILES string of the molecule is COc1cc(SC)ccc1C(=O)Nc1cc(C)ccc1F. The van der Waals surface area contributed by atoms with Crippen LogP contribution in [0.5, 0.6) is 5.75 Å². The summed E-state index contributed by atoms with van der Waals surface area (Å²) in [4.78, 5) is 13.3. The minimum atomic E-state index is -0.464. The van der Waals surface area contributed by atoms with Crippen LogP contribution in [0.15, 0.2) is 41.3 Å². The van der Waals surface area contributed by atoms with E-state index in [4.69, 9.17) is 4.74 Å². The van der Waals surface area contributed by atoms with Crippen molar-refractivity contribution in [1.29, 1.82) is 0 Å². The maximum Gasteiger partial charge on any atom is 0.259 e. The number of anilines is 1. The van der Waals surface area contributed by atoms with E-state index in [0.29, 0.717) is 11.3 Å². The summed E-state index contributed by atoms with van der Waals surface area (Å²) >= 11 is 1.56. The number of halogens is 1. The lowest BCUT2D eigenvalue weighted by Gasteiger charge is -2.11. The van der Waals surface area contributed by atoms with Crippen molar-refractivity contribution in [2.24, 2.45) is 0 Å². The zero-order chi connectivity index (χ0) is 15.4. The molecule has 3 nitrogen and oxygen atoms in total. The monoisotopic (exact) mass is 305 g/mol. The highest BCUT2D eigenvalue weighted by Gasteiger charge is 2.14. The standard InChI is InChI=1S/C16H16FNO2S/c1-10-4-7-13(17)14(8-10)18-16(19)12-6-5-11(21-3)9-15(12)20-2/h4-9H,1-3H3,(H,18,19). The highest BCUT2D eigenvalue weighted by Crippen LogP contribution is 2.26. The molecule has 2 rings (SSSR count). The number of aryl methyl sites for hydroxylation is 1. The van der Waals surface area contributed by atoms with Crippen LogP contribution in [0.2, 0.25) is 0 Å². The van der Waals surface area contributed by atoms with E-state index in [2.05, 4.69) is 5.32 Å². The number of carbonyl (C=O) groups is 1. The summed E-state index contributed by atoms with van der Waals surface area (Å²) in [5.74, 6) is -0.398. The zero-order valence-corrected chi connectivity index (χ0v) is 12.9. The van der Waals surface area contributed by atoms with Crippen LogP contribution in [0, 0.1) is 12.7 Å². The van der Waals surface area contributed by atoms with E-state index < -0.39 is 11.7 Å². The first-order chi connectivity index (χ1) is 10.0. The Labute approximate surface area is 127 Å². The lowest BCUT2D eigenvalue weighted by molar-refractivity contribution is 0.102. The predicted molar refractivity (Wildman–Crippen MR) is 83.9 cm³/mol. The first kappa shape index (κ1) is 15.4. The number of ether oxygens (including phenoxy) is 1. The van der Waals surface area contributed by atoms with E-state index in [-0.39, 0.29) is 5.69 Å². The number of benzene rings is 2. The fourth-order valence-corrected chi connectivity index (χ4v) is 2.34. The van der Waals surface area contributed by atoms with Crippen LogP contribution in [0.25, 0.3) is 0 Å². The number of thioether (sulfide) groups is 1. The molecular formula is C16H16FNO2S. The molecule has 0 heterocycles. The maximum absolute atomic E-state index is 13.7. The van der Waals surface area contributed by atoms with Crippen molar-refractivity contribution in [1.82, 2.24) is 0 Å². The van der Waals surface area contributed by atoms with Crippen LogP contribution in [0.1, 0.15) is 15.9 Å². The molecule has 21 heavy (non-hydrogen) atoms. The lowest BCUT2D eigenvalue weighted by Crippen LogP contribution is -2.14. The van der Waals surface area contributed by atoms with Crippen LogP contribution < -0.4 is 10.1 Å². The predicted octanol–water partition coefficient (Wildman–Crippen LogP) is 4.12. The van der Waals surface area contributed by atoms with Crippen LogP contribution in [0.3, 0.4) is 0 Å². The van der Waals surface area contributed by atoms with Gasteiger partial charge in [0.05, 0.1) is 18.4 Å². The minimum absolute atomic E-state index is 0.163. The zero-order valence-electron chi connectivity index (χ0n) is 12.1. The molecule has 5 heteroatoms. The number of methoxy groups -OCH3 is 1. The van der Waals surface area contributed by atoms with E-state index in [9.17, 15) is 9.18 Å². The molecule has 110 valence electrons. The van der Waals surface area contributed by atoms with Gasteiger partial charge in [0, 0.05) is 4.90 Å². The molecule has 1 amide bonds. The molecule has 0 atom stereocenters. The largest absolute Gasteiger partial charge is 0.496 e. The third-order valence-corrected chi connectivity index (χ3v) is 3.75. The van der Waals surface area contributed by atoms with Gasteiger partial charge in [-0.05, 0) is 49.1 Å². The van der Waals surface area contributed by atoms with Crippen LogP contribution in [-0.2, 0) is 0 Å². The van der Waals surface area contributed by atoms with Crippen molar-refractivity contribution in [3.8, 4) is 5.75 Å². The first-order valence-electron chi connectivity index (χ1n) is 6.34. The first-order valence-corrected chi connectivity index (χ1v) is 7.57. The van der Waals surface area contributed by atoms with Crippen LogP contribution >= 0.6 is 11.8 Å². The fourth-order valence-electron chi connectivity index (χ4n) is 1.91. The van der Waals surface area contributed by atoms with Crippen LogP contribution in [-0.4, -0.2) is 19.3 Å². The van der Waals surface area contributed by atoms with Gasteiger partial charge in [-0.25, -0.2) is 4.39 Å². The lowest BCUT2D eigenvalue weighted by atomic mass is 10.1. The molecule has 0 spiro atoms. The summed E-state index contributed by atoms with van der Waals surface area (Å²) in [6, 6.07) is 9.86. The summed E-state index contributed by atoms with van der Waals surface area (Å²) in [6.45, 7) is 1.84. The Morgan fingerprint density at radius 2 is 2.00 bits per heavy atom. The van der Waals surface area contributed by atoms with Crippen molar-refractivity contribution < 1.29 is 13.9 Å². The molecule has 0 aromatic heterocycles. The van der Waals surface area contributed by atoms with Gasteiger partial charge in [-0.1, -0.05) is 6.07 Å². The summed E-state index contributed by atoms with van der Waals surface area (Å²) in [6.07, 6.45) is 1.94. The third-order valence-electron chi connectivity index (χ3n) is 3.02. The summed E-state index contributed by atoms with van der Waals surface area (Å²) in [5.41, 5.74) is 1.41. The molecule has 0 fully saturated rings. The summed E-state index contributed by atoms with van der Waals surface area (Å²) in [7, 11) is 1.50. The summed E-state index contributed by atoms with van der Waals surface area (Å²) < 4.78 is 18.9. The van der Waals surface area contributed by atoms with E-state index in [1.807, 2.05) is 19.2 Å². The number of hydrogen-bond donors (Lipinski definition) is 1. The molecule has 0 saturated carbocycles. The van der Waals surface area contributed by atoms with Gasteiger partial charge in [-0.15, -0.1) is 11.8 Å². The van der Waals surface area contributed by atoms with Gasteiger partial charge in [0.15, 0.2) is 0 Å². The Balaban J connectivity index is 2.30. The van der Waals surface area contributed by atoms with Crippen LogP contribution in [0.4, 0.5) is 10.1 Å². The van der Waals surface area contributed by atoms with Crippen molar-refractivity contribution in [3.63, 3.8) is 0 Å². The number of hydrogen-bond acceptors (Lipinski definition) is 3. The molecule has 0 saturated heterocycles. The summed E-state index contributed by atoms with van der Waals surface area (Å²) in [5, 5.41) is 2.58. The quantitative estimate of drug-likeness (QED) is 0.864. The molecule has 1 N–H and O–H groups in total. The van der Waals surface area contributed by atoms with E-state index in [1.54, 1.807) is 36.0 Å². The Hall–Kier alpha value is -2.01. The van der Waals surface area contributed by atoms with Gasteiger partial charge in [-0.3, -0.25) is 4.79 Å². The molecule has 0 aliphatic rings. The highest BCUT2D eigenvalue weighted by atomic mass is 32.2. The number of carbonyl (C=O) groups excluding carboxylic acids is 1. The molecule has 2 aromatic rings. The number of rotatable bonds is 4. The van der Waals surface area contributed by atoms with Crippen molar-refractivity contribution in [2.45, 2.75) is 11.8 Å². The molecule has 0 aliphatic carbocycles. The van der Waals surface area contributed by atoms with Gasteiger partial charge < -0.3 is 10.1 Å². The molecule has 2 aromatic carbocycles. The molecule has 0 unspecified atom stereocenters. The van der Waals surface area contributed by atoms with Gasteiger partial charge in [0.2, 0.25) is 0 Å². The molecule has 0 aliphatic heterocycles. The van der Waals surface area contributed by atoms with Gasteiger partial charge in [0.1, 0.15) is 11.6 Å². The van der Waals surface area contributed by atoms with E-state index in [0.717, 1.165) is 10.5 Å². The average molecular weight is 305 g/mol. The minimum Gasteiger partial charge on any atom is -0.496 e. The van der Waals surface area contributed by atoms with E-state index >= 15 is 0 Å². The Morgan fingerprint density at radius 1 is 1.24 bits per heavy atom. The Kier molecular flexibility index (Phi) is 4.85. The normalized spacial score (nSPS) is 10.3. The van der Waals surface area contributed by atoms with Crippen molar-refractivity contribution in [3.05, 3.63) is 53.3 Å². The highest BCUT2D eigenvalue weighted by molar-refractivity contribution is 7.98. The van der Waals surface area contributed by atoms with Gasteiger partial charge >= 0.3 is 0 Å². The maximum atomic E-state index is 13.7. The second kappa shape index (κ2) is 6.63. The second-order valence-corrected chi connectivity index (χ2v) is 5.38. The Morgan fingerprint density at radius 3 is 2.67 bits per heavy atom. The fraction of sp³-hybridized carbons (Fsp3) is 0.188. The van der Waals surface area contributed by atoms with Gasteiger partial charge in [0.25, 0.3) is 5.91 Å². The Bertz CT molecular complexity index is 673. The average Bonchev–Trinajstić information content (AvgIpc) is 2.50. The second-order valence-electron chi connectivity index (χ2n) is 4.50. The molecule has 0 radical (unpaired) electrons. The molecule has 0 bridgehead atoms.